The Morgan fingerprint density at radius 2 is 2.04 bits per heavy atom. The van der Waals surface area contributed by atoms with Crippen molar-refractivity contribution in [2.75, 3.05) is 19.6 Å². The quantitative estimate of drug-likeness (QED) is 0.927. The van der Waals surface area contributed by atoms with Crippen molar-refractivity contribution in [2.45, 2.75) is 44.6 Å². The second kappa shape index (κ2) is 6.60. The number of nitrogens with one attached hydrogen (secondary N) is 1. The summed E-state index contributed by atoms with van der Waals surface area (Å²) in [5.41, 5.74) is 2.00. The van der Waals surface area contributed by atoms with Gasteiger partial charge in [0.25, 0.3) is 0 Å². The summed E-state index contributed by atoms with van der Waals surface area (Å²) >= 11 is 0. The minimum Gasteiger partial charge on any atom is -0.439 e. The predicted molar refractivity (Wildman–Crippen MR) is 87.2 cm³/mol. The molecule has 1 N–H and O–H groups in total. The number of benzene rings is 1. The molecule has 1 aromatic carbocycles. The monoisotopic (exact) mass is 316 g/mol. The van der Waals surface area contributed by atoms with Crippen molar-refractivity contribution < 1.29 is 14.3 Å². The fourth-order valence-corrected chi connectivity index (χ4v) is 3.39. The van der Waals surface area contributed by atoms with Gasteiger partial charge in [0.15, 0.2) is 0 Å². The molecule has 5 heteroatoms. The standard InChI is InChI=1S/C18H24N2O3/c1-2-14-4-6-15(7-5-14)8-9-16(21)20-11-3-10-18(13-20)12-19-17(22)23-18/h4-7H,2-3,8-13H2,1H3,(H,19,22)/t18-/m0/s1. The highest BCUT2D eigenvalue weighted by Gasteiger charge is 2.44. The Kier molecular flexibility index (Phi) is 4.55. The van der Waals surface area contributed by atoms with E-state index in [0.717, 1.165) is 32.2 Å². The molecule has 2 amide bonds. The van der Waals surface area contributed by atoms with Crippen LogP contribution in [0.3, 0.4) is 0 Å². The molecule has 0 bridgehead atoms. The molecule has 1 aromatic rings. The van der Waals surface area contributed by atoms with Crippen LogP contribution in [0.25, 0.3) is 0 Å². The second-order valence-corrected chi connectivity index (χ2v) is 6.51. The van der Waals surface area contributed by atoms with E-state index in [1.807, 2.05) is 4.90 Å². The summed E-state index contributed by atoms with van der Waals surface area (Å²) < 4.78 is 5.41. The molecular formula is C18H24N2O3. The van der Waals surface area contributed by atoms with Gasteiger partial charge in [-0.1, -0.05) is 31.2 Å². The molecule has 1 spiro atoms. The third-order valence-corrected chi connectivity index (χ3v) is 4.82. The number of aryl methyl sites for hydroxylation is 2. The first-order chi connectivity index (χ1) is 11.1. The first kappa shape index (κ1) is 15.8. The minimum absolute atomic E-state index is 0.145. The fourth-order valence-electron chi connectivity index (χ4n) is 3.39. The summed E-state index contributed by atoms with van der Waals surface area (Å²) in [6, 6.07) is 8.46. The van der Waals surface area contributed by atoms with Crippen molar-refractivity contribution in [3.63, 3.8) is 0 Å². The highest BCUT2D eigenvalue weighted by molar-refractivity contribution is 5.77. The van der Waals surface area contributed by atoms with Crippen LogP contribution in [0, 0.1) is 0 Å². The molecule has 2 aliphatic rings. The number of hydrogen-bond acceptors (Lipinski definition) is 3. The van der Waals surface area contributed by atoms with Gasteiger partial charge in [0, 0.05) is 13.0 Å². The van der Waals surface area contributed by atoms with Gasteiger partial charge in [0.1, 0.15) is 5.60 Å². The van der Waals surface area contributed by atoms with Gasteiger partial charge in [-0.05, 0) is 36.8 Å². The predicted octanol–water partition coefficient (Wildman–Crippen LogP) is 2.28. The lowest BCUT2D eigenvalue weighted by Gasteiger charge is -2.38. The average molecular weight is 316 g/mol. The largest absolute Gasteiger partial charge is 0.439 e. The molecule has 2 saturated heterocycles. The highest BCUT2D eigenvalue weighted by atomic mass is 16.6. The Hall–Kier alpha value is -2.04. The van der Waals surface area contributed by atoms with Crippen molar-refractivity contribution in [1.29, 1.82) is 0 Å². The normalized spacial score (nSPS) is 23.7. The van der Waals surface area contributed by atoms with E-state index in [4.69, 9.17) is 4.74 Å². The lowest BCUT2D eigenvalue weighted by Crippen LogP contribution is -2.52. The lowest BCUT2D eigenvalue weighted by atomic mass is 9.92. The molecule has 0 radical (unpaired) electrons. The highest BCUT2D eigenvalue weighted by Crippen LogP contribution is 2.28. The lowest BCUT2D eigenvalue weighted by molar-refractivity contribution is -0.136. The van der Waals surface area contributed by atoms with E-state index in [1.54, 1.807) is 0 Å². The molecule has 2 fully saturated rings. The number of carbonyl (C=O) groups is 2. The number of rotatable bonds is 4. The van der Waals surface area contributed by atoms with Crippen LogP contribution in [-0.2, 0) is 22.4 Å². The summed E-state index contributed by atoms with van der Waals surface area (Å²) in [6.07, 6.45) is 3.63. The summed E-state index contributed by atoms with van der Waals surface area (Å²) in [7, 11) is 0. The maximum atomic E-state index is 12.5. The molecule has 5 nitrogen and oxygen atoms in total. The molecule has 1 atom stereocenters. The number of carbonyl (C=O) groups excluding carboxylic acids is 2. The van der Waals surface area contributed by atoms with Gasteiger partial charge in [-0.2, -0.15) is 0 Å². The zero-order valence-electron chi connectivity index (χ0n) is 13.6. The summed E-state index contributed by atoms with van der Waals surface area (Å²) in [5, 5.41) is 2.71. The van der Waals surface area contributed by atoms with Crippen molar-refractivity contribution in [3.05, 3.63) is 35.4 Å². The molecule has 0 aliphatic carbocycles. The van der Waals surface area contributed by atoms with Gasteiger partial charge >= 0.3 is 6.09 Å². The van der Waals surface area contributed by atoms with Crippen molar-refractivity contribution in [1.82, 2.24) is 10.2 Å². The summed E-state index contributed by atoms with van der Waals surface area (Å²) in [5.74, 6) is 0.145. The van der Waals surface area contributed by atoms with Crippen LogP contribution in [0.1, 0.15) is 37.3 Å². The Morgan fingerprint density at radius 3 is 2.70 bits per heavy atom. The molecule has 23 heavy (non-hydrogen) atoms. The number of amides is 2. The molecule has 0 aromatic heterocycles. The third-order valence-electron chi connectivity index (χ3n) is 4.82. The van der Waals surface area contributed by atoms with E-state index in [0.29, 0.717) is 19.5 Å². The van der Waals surface area contributed by atoms with Crippen molar-refractivity contribution in [2.24, 2.45) is 0 Å². The van der Waals surface area contributed by atoms with Crippen LogP contribution in [0.5, 0.6) is 0 Å². The maximum absolute atomic E-state index is 12.5. The van der Waals surface area contributed by atoms with E-state index in [-0.39, 0.29) is 12.0 Å². The molecule has 2 aliphatic heterocycles. The topological polar surface area (TPSA) is 58.6 Å². The van der Waals surface area contributed by atoms with Gasteiger partial charge in [0.2, 0.25) is 5.91 Å². The molecule has 3 rings (SSSR count). The second-order valence-electron chi connectivity index (χ2n) is 6.51. The third kappa shape index (κ3) is 3.66. The van der Waals surface area contributed by atoms with E-state index >= 15 is 0 Å². The summed E-state index contributed by atoms with van der Waals surface area (Å²) in [4.78, 5) is 25.7. The van der Waals surface area contributed by atoms with Gasteiger partial charge in [0.05, 0.1) is 13.1 Å². The number of hydrogen-bond donors (Lipinski definition) is 1. The zero-order valence-corrected chi connectivity index (χ0v) is 13.6. The molecule has 0 saturated carbocycles. The van der Waals surface area contributed by atoms with Gasteiger partial charge < -0.3 is 15.0 Å². The number of piperidine rings is 1. The number of ether oxygens (including phenoxy) is 1. The van der Waals surface area contributed by atoms with Gasteiger partial charge in [-0.15, -0.1) is 0 Å². The minimum atomic E-state index is -0.506. The first-order valence-electron chi connectivity index (χ1n) is 8.43. The number of nitrogens with zero attached hydrogens (tertiary/aromatic N) is 1. The van der Waals surface area contributed by atoms with E-state index < -0.39 is 5.60 Å². The zero-order chi connectivity index (χ0) is 16.3. The van der Waals surface area contributed by atoms with Crippen LogP contribution in [0.4, 0.5) is 4.79 Å². The molecule has 0 unspecified atom stereocenters. The Balaban J connectivity index is 1.54. The SMILES string of the molecule is CCc1ccc(CCC(=O)N2CCC[C@]3(CNC(=O)O3)C2)cc1. The van der Waals surface area contributed by atoms with Crippen LogP contribution in [0.2, 0.25) is 0 Å². The van der Waals surface area contributed by atoms with Crippen LogP contribution in [0.15, 0.2) is 24.3 Å². The van der Waals surface area contributed by atoms with Gasteiger partial charge in [-0.25, -0.2) is 4.79 Å². The fraction of sp³-hybridized carbons (Fsp3) is 0.556. The molecule has 2 heterocycles. The van der Waals surface area contributed by atoms with E-state index in [1.165, 1.54) is 11.1 Å². The molecular weight excluding hydrogens is 292 g/mol. The van der Waals surface area contributed by atoms with Crippen molar-refractivity contribution >= 4 is 12.0 Å². The molecule has 124 valence electrons. The van der Waals surface area contributed by atoms with Crippen LogP contribution < -0.4 is 5.32 Å². The Bertz CT molecular complexity index is 584. The summed E-state index contributed by atoms with van der Waals surface area (Å²) in [6.45, 7) is 3.91. The van der Waals surface area contributed by atoms with E-state index in [9.17, 15) is 9.59 Å². The average Bonchev–Trinajstić information content (AvgIpc) is 2.93. The van der Waals surface area contributed by atoms with Crippen molar-refractivity contribution in [3.8, 4) is 0 Å². The Labute approximate surface area is 137 Å². The Morgan fingerprint density at radius 1 is 1.30 bits per heavy atom. The number of alkyl carbamates (subject to hydrolysis) is 1. The van der Waals surface area contributed by atoms with E-state index in [2.05, 4.69) is 36.5 Å². The smallest absolute Gasteiger partial charge is 0.407 e. The number of likely N-dealkylation sites (tertiary alicyclic amines) is 1. The maximum Gasteiger partial charge on any atom is 0.407 e. The van der Waals surface area contributed by atoms with Crippen LogP contribution >= 0.6 is 0 Å². The van der Waals surface area contributed by atoms with Crippen LogP contribution in [-0.4, -0.2) is 42.1 Å². The van der Waals surface area contributed by atoms with Gasteiger partial charge in [-0.3, -0.25) is 4.79 Å². The first-order valence-corrected chi connectivity index (χ1v) is 8.43.